The first-order valence-electron chi connectivity index (χ1n) is 4.37. The fraction of sp³-hybridized carbons (Fsp3) is 0.300. The lowest BCUT2D eigenvalue weighted by molar-refractivity contribution is -0.140. The number of rotatable bonds is 4. The number of alkyl halides is 3. The van der Waals surface area contributed by atoms with Gasteiger partial charge in [0, 0.05) is 12.7 Å². The van der Waals surface area contributed by atoms with E-state index in [1.54, 1.807) is 0 Å². The SMILES string of the molecule is COCOc1cc(C=O)cc(C(F)(F)F)c1F. The monoisotopic (exact) mass is 252 g/mol. The Labute approximate surface area is 93.9 Å². The molecule has 17 heavy (non-hydrogen) atoms. The van der Waals surface area contributed by atoms with Crippen LogP contribution in [0.4, 0.5) is 17.6 Å². The van der Waals surface area contributed by atoms with E-state index in [9.17, 15) is 22.4 Å². The summed E-state index contributed by atoms with van der Waals surface area (Å²) in [7, 11) is 1.23. The topological polar surface area (TPSA) is 35.5 Å². The van der Waals surface area contributed by atoms with E-state index in [2.05, 4.69) is 9.47 Å². The van der Waals surface area contributed by atoms with Crippen LogP contribution in [-0.2, 0) is 10.9 Å². The summed E-state index contributed by atoms with van der Waals surface area (Å²) in [6, 6.07) is 1.29. The Bertz CT molecular complexity index is 415. The molecule has 0 aliphatic heterocycles. The van der Waals surface area contributed by atoms with Crippen LogP contribution in [0.15, 0.2) is 12.1 Å². The zero-order valence-corrected chi connectivity index (χ0v) is 8.68. The van der Waals surface area contributed by atoms with E-state index in [0.29, 0.717) is 6.07 Å². The van der Waals surface area contributed by atoms with Gasteiger partial charge < -0.3 is 9.47 Å². The van der Waals surface area contributed by atoms with Crippen molar-refractivity contribution in [3.63, 3.8) is 0 Å². The second kappa shape index (κ2) is 5.13. The summed E-state index contributed by atoms with van der Waals surface area (Å²) < 4.78 is 59.7. The van der Waals surface area contributed by atoms with Crippen LogP contribution in [0.5, 0.6) is 5.75 Å². The lowest BCUT2D eigenvalue weighted by atomic mass is 10.1. The van der Waals surface area contributed by atoms with E-state index in [4.69, 9.17) is 0 Å². The van der Waals surface area contributed by atoms with E-state index >= 15 is 0 Å². The number of ether oxygens (including phenoxy) is 2. The number of benzene rings is 1. The first-order valence-corrected chi connectivity index (χ1v) is 4.37. The van der Waals surface area contributed by atoms with Crippen LogP contribution in [0, 0.1) is 5.82 Å². The molecular weight excluding hydrogens is 244 g/mol. The van der Waals surface area contributed by atoms with Gasteiger partial charge in [0.25, 0.3) is 0 Å². The Morgan fingerprint density at radius 3 is 2.47 bits per heavy atom. The molecule has 1 aromatic carbocycles. The molecule has 0 saturated heterocycles. The number of aldehydes is 1. The highest BCUT2D eigenvalue weighted by Crippen LogP contribution is 2.35. The summed E-state index contributed by atoms with van der Waals surface area (Å²) in [5.41, 5.74) is -1.88. The predicted molar refractivity (Wildman–Crippen MR) is 49.3 cm³/mol. The van der Waals surface area contributed by atoms with Gasteiger partial charge in [-0.2, -0.15) is 13.2 Å². The van der Waals surface area contributed by atoms with Crippen molar-refractivity contribution in [1.82, 2.24) is 0 Å². The maximum atomic E-state index is 13.4. The Kier molecular flexibility index (Phi) is 4.06. The molecule has 1 rings (SSSR count). The molecule has 0 spiro atoms. The zero-order valence-electron chi connectivity index (χ0n) is 8.68. The second-order valence-electron chi connectivity index (χ2n) is 3.05. The van der Waals surface area contributed by atoms with Crippen LogP contribution in [0.3, 0.4) is 0 Å². The van der Waals surface area contributed by atoms with E-state index in [0.717, 1.165) is 6.07 Å². The number of hydrogen-bond acceptors (Lipinski definition) is 3. The van der Waals surface area contributed by atoms with Gasteiger partial charge in [0.1, 0.15) is 6.29 Å². The van der Waals surface area contributed by atoms with Crippen LogP contribution >= 0.6 is 0 Å². The Morgan fingerprint density at radius 2 is 2.00 bits per heavy atom. The largest absolute Gasteiger partial charge is 0.464 e. The molecule has 0 radical (unpaired) electrons. The standard InChI is InChI=1S/C10H8F4O3/c1-16-5-17-8-3-6(4-15)2-7(9(8)11)10(12,13)14/h2-4H,5H2,1H3. The summed E-state index contributed by atoms with van der Waals surface area (Å²) in [6.07, 6.45) is -4.72. The van der Waals surface area contributed by atoms with E-state index in [1.165, 1.54) is 7.11 Å². The van der Waals surface area contributed by atoms with Gasteiger partial charge in [-0.3, -0.25) is 4.79 Å². The quantitative estimate of drug-likeness (QED) is 0.469. The van der Waals surface area contributed by atoms with E-state index in [1.807, 2.05) is 0 Å². The highest BCUT2D eigenvalue weighted by Gasteiger charge is 2.36. The van der Waals surface area contributed by atoms with Gasteiger partial charge in [-0.25, -0.2) is 4.39 Å². The minimum absolute atomic E-state index is 0.175. The first-order chi connectivity index (χ1) is 7.90. The predicted octanol–water partition coefficient (Wildman–Crippen LogP) is 2.64. The van der Waals surface area contributed by atoms with E-state index in [-0.39, 0.29) is 11.8 Å². The maximum Gasteiger partial charge on any atom is 0.419 e. The van der Waals surface area contributed by atoms with Gasteiger partial charge in [-0.15, -0.1) is 0 Å². The Balaban J connectivity index is 3.26. The summed E-state index contributed by atoms with van der Waals surface area (Å²) in [5.74, 6) is -2.25. The van der Waals surface area contributed by atoms with Crippen LogP contribution in [0.25, 0.3) is 0 Å². The maximum absolute atomic E-state index is 13.4. The third-order valence-corrected chi connectivity index (χ3v) is 1.84. The summed E-state index contributed by atoms with van der Waals surface area (Å²) in [4.78, 5) is 10.4. The average molecular weight is 252 g/mol. The highest BCUT2D eigenvalue weighted by atomic mass is 19.4. The molecule has 0 heterocycles. The third kappa shape index (κ3) is 3.16. The van der Waals surface area contributed by atoms with Crippen molar-refractivity contribution in [3.8, 4) is 5.75 Å². The Morgan fingerprint density at radius 1 is 1.35 bits per heavy atom. The summed E-state index contributed by atoms with van der Waals surface area (Å²) in [5, 5.41) is 0. The van der Waals surface area contributed by atoms with Gasteiger partial charge in [0.05, 0.1) is 5.56 Å². The van der Waals surface area contributed by atoms with Crippen molar-refractivity contribution in [3.05, 3.63) is 29.1 Å². The van der Waals surface area contributed by atoms with Crippen LogP contribution in [-0.4, -0.2) is 20.2 Å². The molecule has 0 aliphatic carbocycles. The molecule has 3 nitrogen and oxygen atoms in total. The molecule has 0 bridgehead atoms. The third-order valence-electron chi connectivity index (χ3n) is 1.84. The summed E-state index contributed by atoms with van der Waals surface area (Å²) >= 11 is 0. The fourth-order valence-electron chi connectivity index (χ4n) is 1.12. The molecule has 0 saturated carbocycles. The first kappa shape index (κ1) is 13.4. The van der Waals surface area contributed by atoms with Crippen molar-refractivity contribution >= 4 is 6.29 Å². The molecular formula is C10H8F4O3. The smallest absolute Gasteiger partial charge is 0.419 e. The highest BCUT2D eigenvalue weighted by molar-refractivity contribution is 5.76. The average Bonchev–Trinajstić information content (AvgIpc) is 2.26. The van der Waals surface area contributed by atoms with Gasteiger partial charge >= 0.3 is 6.18 Å². The number of carbonyl (C=O) groups is 1. The lowest BCUT2D eigenvalue weighted by Crippen LogP contribution is -2.11. The number of methoxy groups -OCH3 is 1. The van der Waals surface area contributed by atoms with Crippen molar-refractivity contribution in [2.24, 2.45) is 0 Å². The van der Waals surface area contributed by atoms with Crippen molar-refractivity contribution in [1.29, 1.82) is 0 Å². The van der Waals surface area contributed by atoms with Crippen molar-refractivity contribution in [2.45, 2.75) is 6.18 Å². The van der Waals surface area contributed by atoms with Crippen molar-refractivity contribution in [2.75, 3.05) is 13.9 Å². The van der Waals surface area contributed by atoms with Gasteiger partial charge in [-0.05, 0) is 12.1 Å². The van der Waals surface area contributed by atoms with Gasteiger partial charge in [-0.1, -0.05) is 0 Å². The molecule has 94 valence electrons. The molecule has 0 aliphatic rings. The molecule has 7 heteroatoms. The molecule has 0 fully saturated rings. The molecule has 0 aromatic heterocycles. The van der Waals surface area contributed by atoms with Gasteiger partial charge in [0.15, 0.2) is 18.4 Å². The number of hydrogen-bond donors (Lipinski definition) is 0. The normalized spacial score (nSPS) is 11.4. The molecule has 0 unspecified atom stereocenters. The molecule has 0 amide bonds. The number of carbonyl (C=O) groups excluding carboxylic acids is 1. The fourth-order valence-corrected chi connectivity index (χ4v) is 1.12. The summed E-state index contributed by atoms with van der Waals surface area (Å²) in [6.45, 7) is -0.420. The van der Waals surface area contributed by atoms with Gasteiger partial charge in [0.2, 0.25) is 0 Å². The van der Waals surface area contributed by atoms with E-state index < -0.39 is 30.1 Å². The van der Waals surface area contributed by atoms with Crippen LogP contribution in [0.2, 0.25) is 0 Å². The van der Waals surface area contributed by atoms with Crippen LogP contribution in [0.1, 0.15) is 15.9 Å². The number of halogens is 4. The Hall–Kier alpha value is -1.63. The minimum Gasteiger partial charge on any atom is -0.464 e. The minimum atomic E-state index is -4.89. The lowest BCUT2D eigenvalue weighted by Gasteiger charge is -2.12. The zero-order chi connectivity index (χ0) is 13.1. The van der Waals surface area contributed by atoms with Crippen molar-refractivity contribution < 1.29 is 31.8 Å². The second-order valence-corrected chi connectivity index (χ2v) is 3.05. The van der Waals surface area contributed by atoms with Crippen LogP contribution < -0.4 is 4.74 Å². The molecule has 0 N–H and O–H groups in total. The molecule has 0 atom stereocenters. The molecule has 1 aromatic rings.